The van der Waals surface area contributed by atoms with Crippen LogP contribution in [0.4, 0.5) is 0 Å². The van der Waals surface area contributed by atoms with Crippen molar-refractivity contribution in [3.05, 3.63) is 70.3 Å². The summed E-state index contributed by atoms with van der Waals surface area (Å²) in [7, 11) is 1.27. The standard InChI is InChI=1S/C22H23N3O5/c1-3-15-20(21(24-28)22(23)27)19-16(25(15)12-14-8-5-4-6-9-14)10-7-11-17(19)30-13-18(26)29-2/h4-11,21H,3,12-13H2,1-2H3,(H2,23,27). The molecule has 0 spiro atoms. The Morgan fingerprint density at radius 3 is 2.47 bits per heavy atom. The number of aromatic nitrogens is 1. The van der Waals surface area contributed by atoms with E-state index >= 15 is 0 Å². The lowest BCUT2D eigenvalue weighted by molar-refractivity contribution is -0.142. The average Bonchev–Trinajstić information content (AvgIpc) is 3.06. The first-order valence-corrected chi connectivity index (χ1v) is 9.51. The fourth-order valence-electron chi connectivity index (χ4n) is 3.64. The maximum Gasteiger partial charge on any atom is 0.343 e. The van der Waals surface area contributed by atoms with E-state index in [1.54, 1.807) is 12.1 Å². The largest absolute Gasteiger partial charge is 0.481 e. The van der Waals surface area contributed by atoms with Crippen molar-refractivity contribution >= 4 is 22.8 Å². The van der Waals surface area contributed by atoms with Gasteiger partial charge in [0.1, 0.15) is 5.75 Å². The van der Waals surface area contributed by atoms with Crippen molar-refractivity contribution in [1.29, 1.82) is 0 Å². The average molecular weight is 409 g/mol. The lowest BCUT2D eigenvalue weighted by Gasteiger charge is -2.12. The molecule has 2 aromatic carbocycles. The SMILES string of the molecule is CCc1c(C(N=O)C(N)=O)c2c(OCC(=O)OC)cccc2n1Cc1ccccc1. The van der Waals surface area contributed by atoms with Gasteiger partial charge in [0.2, 0.25) is 0 Å². The van der Waals surface area contributed by atoms with Gasteiger partial charge in [-0.3, -0.25) is 4.79 Å². The highest BCUT2D eigenvalue weighted by atomic mass is 16.6. The van der Waals surface area contributed by atoms with E-state index in [9.17, 15) is 14.5 Å². The lowest BCUT2D eigenvalue weighted by atomic mass is 10.0. The van der Waals surface area contributed by atoms with Gasteiger partial charge in [0.25, 0.3) is 5.91 Å². The van der Waals surface area contributed by atoms with E-state index in [-0.39, 0.29) is 6.61 Å². The van der Waals surface area contributed by atoms with Gasteiger partial charge >= 0.3 is 5.97 Å². The molecular weight excluding hydrogens is 386 g/mol. The number of ether oxygens (including phenoxy) is 2. The first-order valence-electron chi connectivity index (χ1n) is 9.51. The van der Waals surface area contributed by atoms with Crippen molar-refractivity contribution in [3.63, 3.8) is 0 Å². The molecule has 3 rings (SSSR count). The number of esters is 1. The van der Waals surface area contributed by atoms with Crippen molar-refractivity contribution in [2.45, 2.75) is 25.9 Å². The summed E-state index contributed by atoms with van der Waals surface area (Å²) < 4.78 is 12.3. The summed E-state index contributed by atoms with van der Waals surface area (Å²) >= 11 is 0. The molecule has 8 heteroatoms. The highest BCUT2D eigenvalue weighted by Gasteiger charge is 2.30. The normalized spacial score (nSPS) is 11.8. The summed E-state index contributed by atoms with van der Waals surface area (Å²) in [5, 5.41) is 3.54. The molecular formula is C22H23N3O5. The van der Waals surface area contributed by atoms with Gasteiger partial charge in [-0.05, 0) is 24.1 Å². The van der Waals surface area contributed by atoms with E-state index in [1.807, 2.05) is 47.9 Å². The van der Waals surface area contributed by atoms with E-state index in [2.05, 4.69) is 9.91 Å². The molecule has 30 heavy (non-hydrogen) atoms. The number of nitrogens with two attached hydrogens (primary N) is 1. The highest BCUT2D eigenvalue weighted by Crippen LogP contribution is 2.39. The molecule has 1 aromatic heterocycles. The predicted octanol–water partition coefficient (Wildman–Crippen LogP) is 3.10. The Morgan fingerprint density at radius 2 is 1.87 bits per heavy atom. The molecule has 0 bridgehead atoms. The number of nitroso groups, excluding NO2 is 1. The van der Waals surface area contributed by atoms with Crippen LogP contribution in [0, 0.1) is 4.91 Å². The molecule has 156 valence electrons. The molecule has 1 heterocycles. The summed E-state index contributed by atoms with van der Waals surface area (Å²) in [6.07, 6.45) is 0.534. The second kappa shape index (κ2) is 9.21. The van der Waals surface area contributed by atoms with Gasteiger partial charge in [0.05, 0.1) is 12.6 Å². The van der Waals surface area contributed by atoms with Crippen LogP contribution in [0.3, 0.4) is 0 Å². The third-order valence-corrected chi connectivity index (χ3v) is 4.94. The number of carbonyl (C=O) groups excluding carboxylic acids is 2. The highest BCUT2D eigenvalue weighted by molar-refractivity contribution is 5.97. The molecule has 1 unspecified atom stereocenters. The Labute approximate surface area is 173 Å². The monoisotopic (exact) mass is 409 g/mol. The summed E-state index contributed by atoms with van der Waals surface area (Å²) in [6.45, 7) is 2.14. The number of hydrogen-bond donors (Lipinski definition) is 1. The number of primary amides is 1. The summed E-state index contributed by atoms with van der Waals surface area (Å²) in [6, 6.07) is 13.8. The van der Waals surface area contributed by atoms with E-state index in [0.717, 1.165) is 16.8 Å². The second-order valence-corrected chi connectivity index (χ2v) is 6.71. The minimum Gasteiger partial charge on any atom is -0.481 e. The van der Waals surface area contributed by atoms with Crippen LogP contribution in [0.1, 0.15) is 29.8 Å². The zero-order valence-electron chi connectivity index (χ0n) is 16.8. The van der Waals surface area contributed by atoms with Crippen molar-refractivity contribution in [2.75, 3.05) is 13.7 Å². The first-order chi connectivity index (χ1) is 14.5. The van der Waals surface area contributed by atoms with Crippen LogP contribution < -0.4 is 10.5 Å². The number of hydrogen-bond acceptors (Lipinski definition) is 6. The van der Waals surface area contributed by atoms with Crippen LogP contribution in [-0.2, 0) is 27.3 Å². The van der Waals surface area contributed by atoms with Crippen LogP contribution >= 0.6 is 0 Å². The molecule has 0 aliphatic carbocycles. The fraction of sp³-hybridized carbons (Fsp3) is 0.273. The minimum atomic E-state index is -1.37. The van der Waals surface area contributed by atoms with E-state index < -0.39 is 17.9 Å². The third kappa shape index (κ3) is 4.03. The molecule has 0 fully saturated rings. The Kier molecular flexibility index (Phi) is 6.46. The van der Waals surface area contributed by atoms with E-state index in [1.165, 1.54) is 7.11 Å². The van der Waals surface area contributed by atoms with Crippen molar-refractivity contribution in [3.8, 4) is 5.75 Å². The molecule has 1 amide bonds. The molecule has 0 saturated carbocycles. The zero-order chi connectivity index (χ0) is 21.7. The molecule has 2 N–H and O–H groups in total. The van der Waals surface area contributed by atoms with Crippen LogP contribution in [0.15, 0.2) is 53.7 Å². The van der Waals surface area contributed by atoms with Crippen LogP contribution in [0.25, 0.3) is 10.9 Å². The Morgan fingerprint density at radius 1 is 1.13 bits per heavy atom. The summed E-state index contributed by atoms with van der Waals surface area (Å²) in [5.41, 5.74) is 8.46. The number of benzene rings is 2. The van der Waals surface area contributed by atoms with Crippen molar-refractivity contribution in [2.24, 2.45) is 10.9 Å². The van der Waals surface area contributed by atoms with Gasteiger partial charge in [-0.25, -0.2) is 4.79 Å². The quantitative estimate of drug-likeness (QED) is 0.431. The van der Waals surface area contributed by atoms with Crippen LogP contribution in [0.5, 0.6) is 5.75 Å². The Balaban J connectivity index is 2.26. The maximum absolute atomic E-state index is 12.0. The topological polar surface area (TPSA) is 113 Å². The number of carbonyl (C=O) groups is 2. The molecule has 0 saturated heterocycles. The number of rotatable bonds is 9. The summed E-state index contributed by atoms with van der Waals surface area (Å²) in [5.74, 6) is -1.04. The fourth-order valence-corrected chi connectivity index (χ4v) is 3.64. The zero-order valence-corrected chi connectivity index (χ0v) is 16.8. The number of nitrogens with zero attached hydrogens (tertiary/aromatic N) is 2. The number of methoxy groups -OCH3 is 1. The van der Waals surface area contributed by atoms with Crippen LogP contribution in [-0.4, -0.2) is 30.2 Å². The van der Waals surface area contributed by atoms with Crippen molar-refractivity contribution in [1.82, 2.24) is 4.57 Å². The molecule has 0 aliphatic heterocycles. The van der Waals surface area contributed by atoms with E-state index in [4.69, 9.17) is 10.5 Å². The third-order valence-electron chi connectivity index (χ3n) is 4.94. The van der Waals surface area contributed by atoms with Gasteiger partial charge < -0.3 is 19.8 Å². The molecule has 0 aliphatic rings. The molecule has 8 nitrogen and oxygen atoms in total. The molecule has 1 atom stereocenters. The van der Waals surface area contributed by atoms with Crippen LogP contribution in [0.2, 0.25) is 0 Å². The minimum absolute atomic E-state index is 0.309. The van der Waals surface area contributed by atoms with E-state index in [0.29, 0.717) is 29.7 Å². The number of fused-ring (bicyclic) bond motifs is 1. The van der Waals surface area contributed by atoms with Gasteiger partial charge in [-0.15, -0.1) is 4.91 Å². The Hall–Kier alpha value is -3.68. The molecule has 3 aromatic rings. The molecule has 0 radical (unpaired) electrons. The van der Waals surface area contributed by atoms with Gasteiger partial charge in [0, 0.05) is 23.2 Å². The smallest absolute Gasteiger partial charge is 0.343 e. The maximum atomic E-state index is 12.0. The second-order valence-electron chi connectivity index (χ2n) is 6.71. The lowest BCUT2D eigenvalue weighted by Crippen LogP contribution is -2.21. The first kappa shape index (κ1) is 21.0. The van der Waals surface area contributed by atoms with Gasteiger partial charge in [-0.2, -0.15) is 0 Å². The van der Waals surface area contributed by atoms with Gasteiger partial charge in [0.15, 0.2) is 12.6 Å². The number of amides is 1. The Bertz CT molecular complexity index is 1080. The predicted molar refractivity (Wildman–Crippen MR) is 112 cm³/mol. The van der Waals surface area contributed by atoms with Crippen molar-refractivity contribution < 1.29 is 19.1 Å². The van der Waals surface area contributed by atoms with Gasteiger partial charge in [-0.1, -0.05) is 48.5 Å². The summed E-state index contributed by atoms with van der Waals surface area (Å²) in [4.78, 5) is 35.2.